The van der Waals surface area contributed by atoms with Crippen molar-refractivity contribution in [2.75, 3.05) is 0 Å². The molecular weight excluding hydrogens is 855 g/mol. The molecule has 1 spiro atoms. The summed E-state index contributed by atoms with van der Waals surface area (Å²) in [6, 6.07) is 84.4. The van der Waals surface area contributed by atoms with E-state index in [1.54, 1.807) is 0 Å². The Morgan fingerprint density at radius 1 is 0.314 bits per heavy atom. The maximum Gasteiger partial charge on any atom is 0.170 e. The van der Waals surface area contributed by atoms with Gasteiger partial charge in [-0.3, -0.25) is 0 Å². The maximum atomic E-state index is 6.62. The summed E-state index contributed by atoms with van der Waals surface area (Å²) >= 11 is 0. The maximum absolute atomic E-state index is 6.62. The smallest absolute Gasteiger partial charge is 0.170 e. The lowest BCUT2D eigenvalue weighted by Gasteiger charge is -2.31. The number of para-hydroxylation sites is 3. The average Bonchev–Trinajstić information content (AvgIpc) is 4.03. The van der Waals surface area contributed by atoms with Gasteiger partial charge in [0.05, 0.1) is 27.8 Å². The molecule has 70 heavy (non-hydrogen) atoms. The molecule has 5 nitrogen and oxygen atoms in total. The molecule has 3 aliphatic rings. The van der Waals surface area contributed by atoms with E-state index in [0.717, 1.165) is 84.5 Å². The van der Waals surface area contributed by atoms with Gasteiger partial charge in [-0.25, -0.2) is 9.97 Å². The highest BCUT2D eigenvalue weighted by Gasteiger charge is 2.52. The number of nitrogens with zero attached hydrogens (tertiary/aromatic N) is 3. The lowest BCUT2D eigenvalue weighted by Crippen LogP contribution is -2.26. The molecule has 0 fully saturated rings. The molecule has 5 heteroatoms. The standard InChI is InChI=1S/C65H39N3O2/c1-3-16-40(17-4-1)56-39-57(67-64(66-56)41-18-5-2-6-19-41)44-20-15-21-45(34-44)68-58-27-12-9-24-49(58)51-35-42(31-33-59(51)68)43-30-32-48-50-37-62-63(70-61-29-14-13-28-60(61)69-62)38-55(50)65(54(48)36-43)52-25-10-7-22-46(52)47-23-8-11-26-53(47)65/h1-39H. The quantitative estimate of drug-likeness (QED) is 0.173. The van der Waals surface area contributed by atoms with Crippen LogP contribution in [-0.4, -0.2) is 14.5 Å². The van der Waals surface area contributed by atoms with Crippen LogP contribution in [0.1, 0.15) is 22.3 Å². The van der Waals surface area contributed by atoms with Crippen LogP contribution in [0.3, 0.4) is 0 Å². The second-order valence-electron chi connectivity index (χ2n) is 18.4. The third-order valence-corrected chi connectivity index (χ3v) is 14.7. The second kappa shape index (κ2) is 14.8. The SMILES string of the molecule is c1ccc(-c2cc(-c3cccc(-n4c5ccccc5c5cc(-c6ccc7c(c6)C6(c8ccccc8-c8ccccc86)c6cc8c(cc6-7)Oc6ccccc6O8)ccc54)c3)nc(-c3ccccc3)n2)cc1. The van der Waals surface area contributed by atoms with Gasteiger partial charge in [0.25, 0.3) is 0 Å². The number of ether oxygens (including phenoxy) is 2. The molecule has 0 saturated heterocycles. The van der Waals surface area contributed by atoms with E-state index in [0.29, 0.717) is 5.82 Å². The van der Waals surface area contributed by atoms with Crippen LogP contribution in [0.5, 0.6) is 23.0 Å². The minimum atomic E-state index is -0.568. The van der Waals surface area contributed by atoms with Crippen LogP contribution in [0.4, 0.5) is 0 Å². The molecule has 10 aromatic carbocycles. The van der Waals surface area contributed by atoms with Crippen molar-refractivity contribution >= 4 is 21.8 Å². The Morgan fingerprint density at radius 3 is 1.63 bits per heavy atom. The van der Waals surface area contributed by atoms with Crippen molar-refractivity contribution in [3.63, 3.8) is 0 Å². The zero-order valence-corrected chi connectivity index (χ0v) is 37.7. The minimum Gasteiger partial charge on any atom is -0.450 e. The van der Waals surface area contributed by atoms with E-state index >= 15 is 0 Å². The van der Waals surface area contributed by atoms with Crippen molar-refractivity contribution in [3.05, 3.63) is 259 Å². The van der Waals surface area contributed by atoms with Crippen molar-refractivity contribution in [1.82, 2.24) is 14.5 Å². The second-order valence-corrected chi connectivity index (χ2v) is 18.4. The molecule has 1 aliphatic heterocycles. The molecule has 0 bridgehead atoms. The number of benzene rings is 10. The predicted molar refractivity (Wildman–Crippen MR) is 281 cm³/mol. The van der Waals surface area contributed by atoms with Crippen LogP contribution < -0.4 is 9.47 Å². The topological polar surface area (TPSA) is 49.2 Å². The molecule has 2 aliphatic carbocycles. The fourth-order valence-electron chi connectivity index (χ4n) is 11.6. The summed E-state index contributed by atoms with van der Waals surface area (Å²) in [5.41, 5.74) is 19.8. The summed E-state index contributed by atoms with van der Waals surface area (Å²) in [5.74, 6) is 3.59. The fraction of sp³-hybridized carbons (Fsp3) is 0.0154. The Labute approximate surface area is 404 Å². The van der Waals surface area contributed by atoms with E-state index in [9.17, 15) is 0 Å². The Balaban J connectivity index is 0.885. The van der Waals surface area contributed by atoms with Gasteiger partial charge in [-0.05, 0) is 122 Å². The first kappa shape index (κ1) is 38.8. The minimum absolute atomic E-state index is 0.568. The van der Waals surface area contributed by atoms with Crippen molar-refractivity contribution < 1.29 is 9.47 Å². The summed E-state index contributed by atoms with van der Waals surface area (Å²) < 4.78 is 15.6. The van der Waals surface area contributed by atoms with E-state index < -0.39 is 5.41 Å². The highest BCUT2D eigenvalue weighted by Crippen LogP contribution is 2.65. The van der Waals surface area contributed by atoms with Gasteiger partial charge < -0.3 is 14.0 Å². The van der Waals surface area contributed by atoms with Gasteiger partial charge in [0.1, 0.15) is 0 Å². The van der Waals surface area contributed by atoms with Gasteiger partial charge in [-0.2, -0.15) is 0 Å². The van der Waals surface area contributed by atoms with Crippen molar-refractivity contribution in [2.45, 2.75) is 5.41 Å². The number of rotatable bonds is 5. The summed E-state index contributed by atoms with van der Waals surface area (Å²) in [6.45, 7) is 0. The van der Waals surface area contributed by atoms with Crippen LogP contribution in [0, 0.1) is 0 Å². The van der Waals surface area contributed by atoms with E-state index in [1.165, 1.54) is 49.7 Å². The summed E-state index contributed by atoms with van der Waals surface area (Å²) in [4.78, 5) is 10.2. The lowest BCUT2D eigenvalue weighted by atomic mass is 9.70. The molecular formula is C65H39N3O2. The molecule has 12 aromatic rings. The van der Waals surface area contributed by atoms with Crippen molar-refractivity contribution in [3.8, 4) is 96.0 Å². The zero-order valence-electron chi connectivity index (χ0n) is 37.7. The largest absolute Gasteiger partial charge is 0.450 e. The Bertz CT molecular complexity index is 4030. The summed E-state index contributed by atoms with van der Waals surface area (Å²) in [6.07, 6.45) is 0. The van der Waals surface area contributed by atoms with Crippen LogP contribution in [0.25, 0.3) is 94.8 Å². The zero-order chi connectivity index (χ0) is 45.9. The van der Waals surface area contributed by atoms with Gasteiger partial charge >= 0.3 is 0 Å². The third kappa shape index (κ3) is 5.60. The molecule has 326 valence electrons. The number of fused-ring (bicyclic) bond motifs is 15. The van der Waals surface area contributed by atoms with Gasteiger partial charge in [-0.15, -0.1) is 0 Å². The first-order valence-electron chi connectivity index (χ1n) is 23.8. The molecule has 3 heterocycles. The molecule has 0 amide bonds. The fourth-order valence-corrected chi connectivity index (χ4v) is 11.6. The monoisotopic (exact) mass is 893 g/mol. The van der Waals surface area contributed by atoms with Crippen LogP contribution >= 0.6 is 0 Å². The Hall–Kier alpha value is -9.32. The first-order chi connectivity index (χ1) is 34.7. The van der Waals surface area contributed by atoms with Crippen LogP contribution in [0.2, 0.25) is 0 Å². The summed E-state index contributed by atoms with van der Waals surface area (Å²) in [7, 11) is 0. The van der Waals surface area contributed by atoms with Gasteiger partial charge in [0, 0.05) is 33.2 Å². The molecule has 0 N–H and O–H groups in total. The van der Waals surface area contributed by atoms with Crippen LogP contribution in [0.15, 0.2) is 237 Å². The van der Waals surface area contributed by atoms with Gasteiger partial charge in [0.2, 0.25) is 0 Å². The molecule has 0 unspecified atom stereocenters. The number of hydrogen-bond acceptors (Lipinski definition) is 4. The molecule has 2 aromatic heterocycles. The van der Waals surface area contributed by atoms with E-state index in [2.05, 4.69) is 193 Å². The van der Waals surface area contributed by atoms with E-state index in [1.807, 2.05) is 48.5 Å². The number of aromatic nitrogens is 3. The molecule has 15 rings (SSSR count). The predicted octanol–water partition coefficient (Wildman–Crippen LogP) is 16.5. The summed E-state index contributed by atoms with van der Waals surface area (Å²) in [5, 5.41) is 2.38. The average molecular weight is 894 g/mol. The molecule has 0 atom stereocenters. The highest BCUT2D eigenvalue weighted by atomic mass is 16.6. The molecule has 0 saturated carbocycles. The first-order valence-corrected chi connectivity index (χ1v) is 23.8. The lowest BCUT2D eigenvalue weighted by molar-refractivity contribution is 0.359. The van der Waals surface area contributed by atoms with Gasteiger partial charge in [-0.1, -0.05) is 170 Å². The van der Waals surface area contributed by atoms with E-state index in [4.69, 9.17) is 19.4 Å². The number of hydrogen-bond donors (Lipinski definition) is 0. The van der Waals surface area contributed by atoms with Crippen LogP contribution in [-0.2, 0) is 5.41 Å². The molecule has 0 radical (unpaired) electrons. The highest BCUT2D eigenvalue weighted by molar-refractivity contribution is 6.11. The normalized spacial score (nSPS) is 13.2. The van der Waals surface area contributed by atoms with Crippen molar-refractivity contribution in [2.24, 2.45) is 0 Å². The van der Waals surface area contributed by atoms with Crippen molar-refractivity contribution in [1.29, 1.82) is 0 Å². The third-order valence-electron chi connectivity index (χ3n) is 14.7. The van der Waals surface area contributed by atoms with E-state index in [-0.39, 0.29) is 0 Å². The Morgan fingerprint density at radius 2 is 0.871 bits per heavy atom. The Kier molecular flexibility index (Phi) is 8.21. The van der Waals surface area contributed by atoms with Gasteiger partial charge in [0.15, 0.2) is 28.8 Å².